The maximum absolute atomic E-state index is 12.3. The molecule has 0 saturated heterocycles. The number of hydrogen-bond donors (Lipinski definition) is 2. The molecule has 132 valence electrons. The van der Waals surface area contributed by atoms with Crippen LogP contribution >= 0.6 is 22.9 Å². The highest BCUT2D eigenvalue weighted by molar-refractivity contribution is 7.17. The van der Waals surface area contributed by atoms with E-state index in [9.17, 15) is 9.59 Å². The third-order valence-corrected chi connectivity index (χ3v) is 5.65. The van der Waals surface area contributed by atoms with Gasteiger partial charge in [0.15, 0.2) is 0 Å². The lowest BCUT2D eigenvalue weighted by Crippen LogP contribution is -2.20. The topological polar surface area (TPSA) is 67.4 Å². The van der Waals surface area contributed by atoms with Crippen LogP contribution in [0.25, 0.3) is 0 Å². The molecule has 2 aromatic rings. The first-order valence-corrected chi connectivity index (χ1v) is 9.23. The zero-order valence-electron chi connectivity index (χ0n) is 14.0. The predicted molar refractivity (Wildman–Crippen MR) is 101 cm³/mol. The van der Waals surface area contributed by atoms with Gasteiger partial charge in [-0.3, -0.25) is 5.32 Å². The highest BCUT2D eigenvalue weighted by Gasteiger charge is 2.28. The third-order valence-electron chi connectivity index (χ3n) is 4.23. The minimum absolute atomic E-state index is 0.404. The van der Waals surface area contributed by atoms with Crippen molar-refractivity contribution in [1.29, 1.82) is 0 Å². The molecule has 0 radical (unpaired) electrons. The molecule has 1 aromatic heterocycles. The molecule has 0 spiro atoms. The summed E-state index contributed by atoms with van der Waals surface area (Å²) in [5.74, 6) is 0.168. The van der Waals surface area contributed by atoms with Gasteiger partial charge < -0.3 is 10.1 Å². The number of halogens is 1. The fourth-order valence-electron chi connectivity index (χ4n) is 2.96. The quantitative estimate of drug-likeness (QED) is 0.742. The van der Waals surface area contributed by atoms with Crippen LogP contribution in [0.1, 0.15) is 34.1 Å². The second-order valence-electron chi connectivity index (χ2n) is 6.13. The summed E-state index contributed by atoms with van der Waals surface area (Å²) in [7, 11) is 1.36. The Labute approximate surface area is 155 Å². The Balaban J connectivity index is 1.82. The summed E-state index contributed by atoms with van der Waals surface area (Å²) in [5.41, 5.74) is 2.12. The molecule has 0 bridgehead atoms. The van der Waals surface area contributed by atoms with Crippen LogP contribution in [-0.4, -0.2) is 19.1 Å². The number of carbonyl (C=O) groups excluding carboxylic acids is 2. The Hall–Kier alpha value is -2.05. The second kappa shape index (κ2) is 7.45. The van der Waals surface area contributed by atoms with E-state index in [2.05, 4.69) is 17.6 Å². The summed E-state index contributed by atoms with van der Waals surface area (Å²) in [4.78, 5) is 25.7. The van der Waals surface area contributed by atoms with Crippen LogP contribution in [0, 0.1) is 5.92 Å². The van der Waals surface area contributed by atoms with Gasteiger partial charge in [-0.15, -0.1) is 11.3 Å². The minimum atomic E-state index is -0.408. The van der Waals surface area contributed by atoms with Crippen LogP contribution in [0.3, 0.4) is 0 Å². The van der Waals surface area contributed by atoms with Gasteiger partial charge in [0, 0.05) is 15.6 Å². The second-order valence-corrected chi connectivity index (χ2v) is 7.68. The van der Waals surface area contributed by atoms with Crippen molar-refractivity contribution in [2.24, 2.45) is 5.92 Å². The molecule has 2 amide bonds. The van der Waals surface area contributed by atoms with Crippen LogP contribution in [0.4, 0.5) is 15.5 Å². The number of anilines is 2. The van der Waals surface area contributed by atoms with Gasteiger partial charge in [0.2, 0.25) is 0 Å². The number of fused-ring (bicyclic) bond motifs is 1. The van der Waals surface area contributed by atoms with Gasteiger partial charge in [0.05, 0.1) is 12.7 Å². The number of ether oxygens (including phenoxy) is 1. The number of rotatable bonds is 3. The van der Waals surface area contributed by atoms with Crippen molar-refractivity contribution in [3.05, 3.63) is 45.3 Å². The highest BCUT2D eigenvalue weighted by atomic mass is 35.5. The predicted octanol–water partition coefficient (Wildman–Crippen LogP) is 4.96. The Morgan fingerprint density at radius 1 is 1.24 bits per heavy atom. The number of methoxy groups -OCH3 is 1. The van der Waals surface area contributed by atoms with Crippen molar-refractivity contribution in [3.8, 4) is 0 Å². The van der Waals surface area contributed by atoms with Crippen molar-refractivity contribution < 1.29 is 14.3 Å². The zero-order valence-corrected chi connectivity index (χ0v) is 15.6. The van der Waals surface area contributed by atoms with E-state index in [1.54, 1.807) is 24.3 Å². The molecule has 25 heavy (non-hydrogen) atoms. The number of hydrogen-bond acceptors (Lipinski definition) is 4. The smallest absolute Gasteiger partial charge is 0.341 e. The van der Waals surface area contributed by atoms with E-state index < -0.39 is 12.0 Å². The molecular formula is C18H19ClN2O3S. The number of amides is 2. The lowest BCUT2D eigenvalue weighted by Gasteiger charge is -2.18. The van der Waals surface area contributed by atoms with Crippen molar-refractivity contribution >= 4 is 45.6 Å². The van der Waals surface area contributed by atoms with Crippen LogP contribution in [-0.2, 0) is 17.6 Å². The van der Waals surface area contributed by atoms with Gasteiger partial charge in [-0.2, -0.15) is 0 Å². The normalized spacial score (nSPS) is 16.0. The Bertz CT molecular complexity index is 801. The summed E-state index contributed by atoms with van der Waals surface area (Å²) in [6.07, 6.45) is 2.78. The molecular weight excluding hydrogens is 360 g/mol. The van der Waals surface area contributed by atoms with E-state index in [0.29, 0.717) is 27.2 Å². The number of esters is 1. The molecule has 0 saturated carbocycles. The Morgan fingerprint density at radius 2 is 1.96 bits per heavy atom. The van der Waals surface area contributed by atoms with Gasteiger partial charge in [-0.25, -0.2) is 9.59 Å². The third kappa shape index (κ3) is 3.96. The van der Waals surface area contributed by atoms with E-state index in [1.807, 2.05) is 0 Å². The van der Waals surface area contributed by atoms with Gasteiger partial charge >= 0.3 is 12.0 Å². The molecule has 2 N–H and O–H groups in total. The summed E-state index contributed by atoms with van der Waals surface area (Å²) in [6.45, 7) is 2.20. The van der Waals surface area contributed by atoms with Crippen LogP contribution in [0.15, 0.2) is 24.3 Å². The monoisotopic (exact) mass is 378 g/mol. The number of urea groups is 1. The van der Waals surface area contributed by atoms with E-state index in [0.717, 1.165) is 29.7 Å². The molecule has 1 aliphatic carbocycles. The molecule has 3 rings (SSSR count). The Kier molecular flexibility index (Phi) is 5.30. The molecule has 1 unspecified atom stereocenters. The van der Waals surface area contributed by atoms with Crippen molar-refractivity contribution in [1.82, 2.24) is 0 Å². The number of thiophene rings is 1. The standard InChI is InChI=1S/C18H19ClN2O3S/c1-10-3-8-13-14(9-10)25-16(15(13)17(22)24-2)21-18(23)20-12-6-4-11(19)5-7-12/h4-7,10H,3,8-9H2,1-2H3,(H2,20,21,23). The molecule has 1 atom stereocenters. The first kappa shape index (κ1) is 17.8. The summed E-state index contributed by atoms with van der Waals surface area (Å²) in [6, 6.07) is 6.41. The average molecular weight is 379 g/mol. The maximum Gasteiger partial charge on any atom is 0.341 e. The zero-order chi connectivity index (χ0) is 18.0. The van der Waals surface area contributed by atoms with Crippen LogP contribution in [0.5, 0.6) is 0 Å². The number of nitrogens with one attached hydrogen (secondary N) is 2. The van der Waals surface area contributed by atoms with E-state index in [4.69, 9.17) is 16.3 Å². The van der Waals surface area contributed by atoms with Crippen molar-refractivity contribution in [2.75, 3.05) is 17.7 Å². The van der Waals surface area contributed by atoms with Gasteiger partial charge in [0.1, 0.15) is 5.00 Å². The largest absolute Gasteiger partial charge is 0.465 e. The molecule has 0 fully saturated rings. The van der Waals surface area contributed by atoms with Gasteiger partial charge in [-0.1, -0.05) is 18.5 Å². The molecule has 7 heteroatoms. The fourth-order valence-corrected chi connectivity index (χ4v) is 4.48. The van der Waals surface area contributed by atoms with E-state index >= 15 is 0 Å². The molecule has 0 aliphatic heterocycles. The van der Waals surface area contributed by atoms with E-state index in [1.165, 1.54) is 18.4 Å². The molecule has 1 aromatic carbocycles. The lowest BCUT2D eigenvalue weighted by atomic mass is 9.88. The SMILES string of the molecule is COC(=O)c1c(NC(=O)Nc2ccc(Cl)cc2)sc2c1CCC(C)C2. The molecule has 1 heterocycles. The molecule has 5 nitrogen and oxygen atoms in total. The first-order chi connectivity index (χ1) is 12.0. The van der Waals surface area contributed by atoms with Gasteiger partial charge in [0.25, 0.3) is 0 Å². The van der Waals surface area contributed by atoms with Gasteiger partial charge in [-0.05, 0) is 55.0 Å². The summed E-state index contributed by atoms with van der Waals surface area (Å²) in [5, 5.41) is 6.67. The van der Waals surface area contributed by atoms with E-state index in [-0.39, 0.29) is 0 Å². The highest BCUT2D eigenvalue weighted by Crippen LogP contribution is 2.40. The fraction of sp³-hybridized carbons (Fsp3) is 0.333. The van der Waals surface area contributed by atoms with Crippen molar-refractivity contribution in [3.63, 3.8) is 0 Å². The number of benzene rings is 1. The maximum atomic E-state index is 12.3. The Morgan fingerprint density at radius 3 is 2.64 bits per heavy atom. The minimum Gasteiger partial charge on any atom is -0.465 e. The molecule has 1 aliphatic rings. The first-order valence-electron chi connectivity index (χ1n) is 8.04. The van der Waals surface area contributed by atoms with Crippen molar-refractivity contribution in [2.45, 2.75) is 26.2 Å². The lowest BCUT2D eigenvalue weighted by molar-refractivity contribution is 0.0601. The van der Waals surface area contributed by atoms with Crippen LogP contribution < -0.4 is 10.6 Å². The van der Waals surface area contributed by atoms with Crippen LogP contribution in [0.2, 0.25) is 5.02 Å². The average Bonchev–Trinajstić information content (AvgIpc) is 2.92. The number of carbonyl (C=O) groups is 2. The summed E-state index contributed by atoms with van der Waals surface area (Å²) < 4.78 is 4.92. The summed E-state index contributed by atoms with van der Waals surface area (Å²) >= 11 is 7.30.